The Kier molecular flexibility index (Phi) is 7.14. The number of para-hydroxylation sites is 1. The van der Waals surface area contributed by atoms with E-state index in [-0.39, 0.29) is 24.3 Å². The molecule has 2 N–H and O–H groups in total. The Hall–Kier alpha value is -5.91. The zero-order valence-electron chi connectivity index (χ0n) is 28.4. The van der Waals surface area contributed by atoms with E-state index in [0.29, 0.717) is 5.92 Å². The predicted molar refractivity (Wildman–Crippen MR) is 208 cm³/mol. The first kappa shape index (κ1) is 30.0. The van der Waals surface area contributed by atoms with Crippen LogP contribution >= 0.6 is 0 Å². The van der Waals surface area contributed by atoms with Gasteiger partial charge in [-0.3, -0.25) is 5.32 Å². The number of fused-ring (bicyclic) bond motifs is 5. The van der Waals surface area contributed by atoms with Gasteiger partial charge in [-0.25, -0.2) is 4.99 Å². The third-order valence-corrected chi connectivity index (χ3v) is 10.8. The van der Waals surface area contributed by atoms with Gasteiger partial charge >= 0.3 is 0 Å². The molecule has 0 saturated carbocycles. The van der Waals surface area contributed by atoms with Crippen LogP contribution in [0.3, 0.4) is 0 Å². The van der Waals surface area contributed by atoms with Crippen molar-refractivity contribution in [3.63, 3.8) is 0 Å². The van der Waals surface area contributed by atoms with Crippen molar-refractivity contribution in [2.24, 2.45) is 16.8 Å². The molecule has 0 bridgehead atoms. The molecule has 10 rings (SSSR count). The number of benzene rings is 5. The van der Waals surface area contributed by atoms with E-state index in [2.05, 4.69) is 174 Å². The highest BCUT2D eigenvalue weighted by atomic mass is 16.3. The molecule has 0 saturated heterocycles. The van der Waals surface area contributed by atoms with Crippen LogP contribution in [0.1, 0.15) is 47.9 Å². The minimum absolute atomic E-state index is 0.118. The number of allylic oxidation sites excluding steroid dienone is 5. The molecule has 51 heavy (non-hydrogen) atoms. The molecule has 2 aliphatic carbocycles. The molecule has 1 aromatic heterocycles. The lowest BCUT2D eigenvalue weighted by Gasteiger charge is -2.32. The summed E-state index contributed by atoms with van der Waals surface area (Å²) in [5, 5.41) is 9.66. The smallest absolute Gasteiger partial charge is 0.159 e. The number of rotatable bonds is 5. The second kappa shape index (κ2) is 12.1. The molecule has 5 nitrogen and oxygen atoms in total. The molecule has 248 valence electrons. The Labute approximate surface area is 298 Å². The van der Waals surface area contributed by atoms with Crippen molar-refractivity contribution in [3.05, 3.63) is 191 Å². The maximum atomic E-state index is 6.91. The number of furan rings is 1. The van der Waals surface area contributed by atoms with Gasteiger partial charge in [0.1, 0.15) is 23.8 Å². The van der Waals surface area contributed by atoms with E-state index in [1.165, 1.54) is 22.4 Å². The minimum Gasteiger partial charge on any atom is -0.454 e. The van der Waals surface area contributed by atoms with Gasteiger partial charge in [-0.2, -0.15) is 0 Å². The van der Waals surface area contributed by atoms with E-state index in [9.17, 15) is 0 Å². The highest BCUT2D eigenvalue weighted by Crippen LogP contribution is 2.49. The van der Waals surface area contributed by atoms with E-state index < -0.39 is 0 Å². The fourth-order valence-corrected chi connectivity index (χ4v) is 8.43. The lowest BCUT2D eigenvalue weighted by Crippen LogP contribution is -2.45. The Morgan fingerprint density at radius 2 is 1.49 bits per heavy atom. The first-order chi connectivity index (χ1) is 25.2. The van der Waals surface area contributed by atoms with Crippen LogP contribution < -0.4 is 15.5 Å². The van der Waals surface area contributed by atoms with E-state index in [1.54, 1.807) is 0 Å². The van der Waals surface area contributed by atoms with E-state index in [4.69, 9.17) is 9.41 Å². The highest BCUT2D eigenvalue weighted by Gasteiger charge is 2.42. The second-order valence-corrected chi connectivity index (χ2v) is 14.1. The SMILES string of the molecule is CC1C=CC2=C(C1)N(c1cccc3c1oc1cccc(C4=NC(c5ccccc5)NC(c5ccccc5)N4)c13)C1C=CC(c3ccccc3)=CC21. The maximum Gasteiger partial charge on any atom is 0.159 e. The van der Waals surface area contributed by atoms with Gasteiger partial charge < -0.3 is 14.6 Å². The topological polar surface area (TPSA) is 52.8 Å². The summed E-state index contributed by atoms with van der Waals surface area (Å²) in [7, 11) is 0. The molecular weight excluding hydrogens is 625 g/mol. The predicted octanol–water partition coefficient (Wildman–Crippen LogP) is 10.2. The fraction of sp³-hybridized carbons (Fsp3) is 0.152. The molecule has 0 fully saturated rings. The van der Waals surface area contributed by atoms with E-state index >= 15 is 0 Å². The van der Waals surface area contributed by atoms with Crippen molar-refractivity contribution in [2.75, 3.05) is 4.90 Å². The largest absolute Gasteiger partial charge is 0.454 e. The average molecular weight is 663 g/mol. The number of nitrogens with one attached hydrogen (secondary N) is 2. The molecule has 5 heteroatoms. The number of aliphatic imine (C=N–C) groups is 1. The van der Waals surface area contributed by atoms with E-state index in [1.807, 2.05) is 6.07 Å². The van der Waals surface area contributed by atoms with Gasteiger partial charge in [-0.15, -0.1) is 0 Å². The van der Waals surface area contributed by atoms with Gasteiger partial charge in [0.2, 0.25) is 0 Å². The second-order valence-electron chi connectivity index (χ2n) is 14.1. The zero-order valence-corrected chi connectivity index (χ0v) is 28.4. The Balaban J connectivity index is 1.10. The summed E-state index contributed by atoms with van der Waals surface area (Å²) in [6.45, 7) is 2.31. The lowest BCUT2D eigenvalue weighted by molar-refractivity contribution is 0.409. The number of hydrogen-bond acceptors (Lipinski definition) is 5. The van der Waals surface area contributed by atoms with Crippen LogP contribution in [0.4, 0.5) is 5.69 Å². The third kappa shape index (κ3) is 5.07. The summed E-state index contributed by atoms with van der Waals surface area (Å²) in [6.07, 6.45) is 12.6. The lowest BCUT2D eigenvalue weighted by atomic mass is 9.83. The number of nitrogens with zero attached hydrogens (tertiary/aromatic N) is 2. The van der Waals surface area contributed by atoms with Crippen LogP contribution in [-0.4, -0.2) is 11.9 Å². The van der Waals surface area contributed by atoms with Crippen LogP contribution in [0, 0.1) is 11.8 Å². The molecule has 2 aliphatic heterocycles. The maximum absolute atomic E-state index is 6.91. The standard InChI is InChI=1S/C46H38N4O/c1-29-23-25-34-37-28-33(30-13-5-2-6-14-30)24-26-38(37)50(40(34)27-29)39-21-11-19-35-42-36(20-12-22-41(42)51-43(35)39)46-48-44(31-15-7-3-8-16-31)47-45(49-46)32-17-9-4-10-18-32/h2-26,28-29,37-38,44-45,47H,27H2,1H3,(H,48,49). The van der Waals surface area contributed by atoms with Crippen molar-refractivity contribution >= 4 is 39.0 Å². The van der Waals surface area contributed by atoms with Crippen molar-refractivity contribution < 1.29 is 4.42 Å². The van der Waals surface area contributed by atoms with Crippen LogP contribution in [0.5, 0.6) is 0 Å². The number of hydrogen-bond donors (Lipinski definition) is 2. The van der Waals surface area contributed by atoms with Crippen molar-refractivity contribution in [3.8, 4) is 0 Å². The molecule has 5 aromatic carbocycles. The van der Waals surface area contributed by atoms with Crippen LogP contribution in [0.15, 0.2) is 178 Å². The Morgan fingerprint density at radius 1 is 0.745 bits per heavy atom. The quantitative estimate of drug-likeness (QED) is 0.193. The van der Waals surface area contributed by atoms with Gasteiger partial charge in [-0.1, -0.05) is 153 Å². The molecule has 0 amide bonds. The summed E-state index contributed by atoms with van der Waals surface area (Å²) < 4.78 is 6.91. The van der Waals surface area contributed by atoms with Crippen LogP contribution in [0.2, 0.25) is 0 Å². The van der Waals surface area contributed by atoms with Gasteiger partial charge in [0.05, 0.1) is 11.7 Å². The summed E-state index contributed by atoms with van der Waals surface area (Å²) in [5.41, 5.74) is 11.5. The zero-order chi connectivity index (χ0) is 33.9. The van der Waals surface area contributed by atoms with Gasteiger partial charge in [0.15, 0.2) is 5.58 Å². The summed E-state index contributed by atoms with van der Waals surface area (Å²) in [6, 6.07) is 44.9. The highest BCUT2D eigenvalue weighted by molar-refractivity contribution is 6.19. The molecule has 5 atom stereocenters. The summed E-state index contributed by atoms with van der Waals surface area (Å²) in [5.74, 6) is 1.58. The molecule has 6 aromatic rings. The molecule has 0 radical (unpaired) electrons. The van der Waals surface area contributed by atoms with Gasteiger partial charge in [0.25, 0.3) is 0 Å². The van der Waals surface area contributed by atoms with Crippen LogP contribution in [-0.2, 0) is 0 Å². The van der Waals surface area contributed by atoms with Gasteiger partial charge in [-0.05, 0) is 52.3 Å². The summed E-state index contributed by atoms with van der Waals surface area (Å²) in [4.78, 5) is 7.86. The van der Waals surface area contributed by atoms with Crippen LogP contribution in [0.25, 0.3) is 27.5 Å². The first-order valence-electron chi connectivity index (χ1n) is 18.0. The van der Waals surface area contributed by atoms with Crippen molar-refractivity contribution in [1.29, 1.82) is 0 Å². The molecular formula is C46H38N4O. The minimum atomic E-state index is -0.211. The average Bonchev–Trinajstić information content (AvgIpc) is 3.74. The monoisotopic (exact) mass is 662 g/mol. The van der Waals surface area contributed by atoms with Crippen molar-refractivity contribution in [1.82, 2.24) is 10.6 Å². The fourth-order valence-electron chi connectivity index (χ4n) is 8.43. The number of anilines is 1. The molecule has 3 heterocycles. The Morgan fingerprint density at radius 3 is 2.29 bits per heavy atom. The molecule has 5 unspecified atom stereocenters. The van der Waals surface area contributed by atoms with E-state index in [0.717, 1.165) is 56.6 Å². The van der Waals surface area contributed by atoms with Gasteiger partial charge in [0, 0.05) is 28.0 Å². The normalized spacial score (nSPS) is 23.9. The third-order valence-electron chi connectivity index (χ3n) is 10.8. The molecule has 4 aliphatic rings. The Bertz CT molecular complexity index is 2440. The number of amidine groups is 1. The summed E-state index contributed by atoms with van der Waals surface area (Å²) >= 11 is 0. The molecule has 0 spiro atoms. The van der Waals surface area contributed by atoms with Crippen molar-refractivity contribution in [2.45, 2.75) is 31.7 Å². The first-order valence-corrected chi connectivity index (χ1v) is 18.0.